The monoisotopic (exact) mass is 291 g/mol. The molecular formula is C14H21N5O2. The van der Waals surface area contributed by atoms with Gasteiger partial charge >= 0.3 is 0 Å². The van der Waals surface area contributed by atoms with Crippen molar-refractivity contribution < 1.29 is 9.47 Å². The molecule has 0 unspecified atom stereocenters. The van der Waals surface area contributed by atoms with Gasteiger partial charge in [0.1, 0.15) is 5.75 Å². The molecule has 1 heterocycles. The van der Waals surface area contributed by atoms with Gasteiger partial charge in [-0.05, 0) is 35.0 Å². The first kappa shape index (κ1) is 15.2. The van der Waals surface area contributed by atoms with Gasteiger partial charge in [-0.25, -0.2) is 4.68 Å². The summed E-state index contributed by atoms with van der Waals surface area (Å²) in [6.45, 7) is 4.10. The number of hydrogen-bond acceptors (Lipinski definition) is 6. The van der Waals surface area contributed by atoms with Crippen LogP contribution in [0.2, 0.25) is 0 Å². The van der Waals surface area contributed by atoms with Crippen LogP contribution in [0.3, 0.4) is 0 Å². The van der Waals surface area contributed by atoms with Crippen LogP contribution >= 0.6 is 0 Å². The Labute approximate surface area is 124 Å². The lowest BCUT2D eigenvalue weighted by Crippen LogP contribution is -2.10. The molecule has 2 N–H and O–H groups in total. The molecule has 0 saturated heterocycles. The normalized spacial score (nSPS) is 10.8. The van der Waals surface area contributed by atoms with Gasteiger partial charge in [-0.2, -0.15) is 0 Å². The first-order valence-corrected chi connectivity index (χ1v) is 7.04. The smallest absolute Gasteiger partial charge is 0.182 e. The molecule has 0 atom stereocenters. The minimum absolute atomic E-state index is 0.559. The Morgan fingerprint density at radius 1 is 1.29 bits per heavy atom. The fourth-order valence-corrected chi connectivity index (χ4v) is 1.93. The third-order valence-corrected chi connectivity index (χ3v) is 3.11. The molecule has 0 aliphatic carbocycles. The second-order valence-corrected chi connectivity index (χ2v) is 4.65. The molecule has 114 valence electrons. The Balaban J connectivity index is 2.04. The molecule has 0 saturated carbocycles. The number of methoxy groups -OCH3 is 1. The van der Waals surface area contributed by atoms with Gasteiger partial charge < -0.3 is 15.2 Å². The molecule has 21 heavy (non-hydrogen) atoms. The van der Waals surface area contributed by atoms with E-state index in [1.54, 1.807) is 23.9 Å². The SMILES string of the molecule is CCCCOCCn1nnnc1-c1ccc(OC)c(N)c1. The van der Waals surface area contributed by atoms with Crippen LogP contribution < -0.4 is 10.5 Å². The molecule has 0 aliphatic rings. The Hall–Kier alpha value is -2.15. The molecule has 7 nitrogen and oxygen atoms in total. The van der Waals surface area contributed by atoms with E-state index in [0.717, 1.165) is 25.0 Å². The van der Waals surface area contributed by atoms with Crippen LogP contribution in [0.4, 0.5) is 5.69 Å². The number of nitrogens with two attached hydrogens (primary N) is 1. The van der Waals surface area contributed by atoms with Crippen LogP contribution in [0.5, 0.6) is 5.75 Å². The number of nitrogen functional groups attached to an aromatic ring is 1. The molecule has 7 heteroatoms. The zero-order valence-corrected chi connectivity index (χ0v) is 12.5. The number of aromatic nitrogens is 4. The topological polar surface area (TPSA) is 88.1 Å². The largest absolute Gasteiger partial charge is 0.495 e. The number of benzene rings is 1. The summed E-state index contributed by atoms with van der Waals surface area (Å²) in [5.74, 6) is 1.31. The number of tetrazole rings is 1. The van der Waals surface area contributed by atoms with Crippen molar-refractivity contribution in [3.63, 3.8) is 0 Å². The Bertz CT molecular complexity index is 570. The van der Waals surface area contributed by atoms with Crippen molar-refractivity contribution in [2.24, 2.45) is 0 Å². The van der Waals surface area contributed by atoms with Gasteiger partial charge in [0.25, 0.3) is 0 Å². The highest BCUT2D eigenvalue weighted by atomic mass is 16.5. The number of unbranched alkanes of at least 4 members (excludes halogenated alkanes) is 1. The van der Waals surface area contributed by atoms with Gasteiger partial charge in [0, 0.05) is 12.2 Å². The highest BCUT2D eigenvalue weighted by molar-refractivity contribution is 5.66. The van der Waals surface area contributed by atoms with Crippen molar-refractivity contribution in [3.8, 4) is 17.1 Å². The molecule has 0 radical (unpaired) electrons. The molecule has 2 rings (SSSR count). The molecule has 0 aliphatic heterocycles. The summed E-state index contributed by atoms with van der Waals surface area (Å²) in [4.78, 5) is 0. The molecule has 0 spiro atoms. The average molecular weight is 291 g/mol. The molecule has 0 bridgehead atoms. The van der Waals surface area contributed by atoms with E-state index in [1.165, 1.54) is 0 Å². The van der Waals surface area contributed by atoms with Crippen molar-refractivity contribution >= 4 is 5.69 Å². The zero-order chi connectivity index (χ0) is 15.1. The lowest BCUT2D eigenvalue weighted by Gasteiger charge is -2.08. The van der Waals surface area contributed by atoms with Gasteiger partial charge in [0.15, 0.2) is 5.82 Å². The Kier molecular flexibility index (Phi) is 5.51. The summed E-state index contributed by atoms with van der Waals surface area (Å²) >= 11 is 0. The fourth-order valence-electron chi connectivity index (χ4n) is 1.93. The maximum absolute atomic E-state index is 5.92. The summed E-state index contributed by atoms with van der Waals surface area (Å²) < 4.78 is 12.4. The van der Waals surface area contributed by atoms with Crippen molar-refractivity contribution in [3.05, 3.63) is 18.2 Å². The molecular weight excluding hydrogens is 270 g/mol. The molecule has 1 aromatic carbocycles. The maximum atomic E-state index is 5.92. The standard InChI is InChI=1S/C14H21N5O2/c1-3-4-8-21-9-7-19-14(16-17-18-19)11-5-6-13(20-2)12(15)10-11/h5-6,10H,3-4,7-9,15H2,1-2H3. The predicted octanol–water partition coefficient (Wildman–Crippen LogP) is 1.75. The Morgan fingerprint density at radius 2 is 2.14 bits per heavy atom. The molecule has 2 aromatic rings. The summed E-state index contributed by atoms with van der Waals surface area (Å²) in [7, 11) is 1.59. The van der Waals surface area contributed by atoms with Gasteiger partial charge in [0.05, 0.1) is 25.9 Å². The average Bonchev–Trinajstić information content (AvgIpc) is 2.95. The van der Waals surface area contributed by atoms with E-state index in [1.807, 2.05) is 6.07 Å². The van der Waals surface area contributed by atoms with Gasteiger partial charge in [-0.3, -0.25) is 0 Å². The van der Waals surface area contributed by atoms with Crippen molar-refractivity contribution in [1.82, 2.24) is 20.2 Å². The molecule has 0 amide bonds. The van der Waals surface area contributed by atoms with Gasteiger partial charge in [0.2, 0.25) is 0 Å². The Morgan fingerprint density at radius 3 is 2.86 bits per heavy atom. The van der Waals surface area contributed by atoms with Crippen LogP contribution in [0, 0.1) is 0 Å². The first-order valence-electron chi connectivity index (χ1n) is 7.04. The van der Waals surface area contributed by atoms with Crippen LogP contribution in [-0.2, 0) is 11.3 Å². The van der Waals surface area contributed by atoms with E-state index < -0.39 is 0 Å². The number of hydrogen-bond donors (Lipinski definition) is 1. The quantitative estimate of drug-likeness (QED) is 0.589. The highest BCUT2D eigenvalue weighted by Gasteiger charge is 2.10. The van der Waals surface area contributed by atoms with Crippen molar-refractivity contribution in [1.29, 1.82) is 0 Å². The van der Waals surface area contributed by atoms with E-state index in [0.29, 0.717) is 30.4 Å². The predicted molar refractivity (Wildman–Crippen MR) is 79.9 cm³/mol. The highest BCUT2D eigenvalue weighted by Crippen LogP contribution is 2.26. The van der Waals surface area contributed by atoms with Crippen LogP contribution in [0.15, 0.2) is 18.2 Å². The van der Waals surface area contributed by atoms with E-state index >= 15 is 0 Å². The summed E-state index contributed by atoms with van der Waals surface area (Å²) in [6.07, 6.45) is 2.19. The lowest BCUT2D eigenvalue weighted by molar-refractivity contribution is 0.121. The third-order valence-electron chi connectivity index (χ3n) is 3.11. The van der Waals surface area contributed by atoms with E-state index in [-0.39, 0.29) is 0 Å². The van der Waals surface area contributed by atoms with Crippen LogP contribution in [0.1, 0.15) is 19.8 Å². The second-order valence-electron chi connectivity index (χ2n) is 4.65. The maximum Gasteiger partial charge on any atom is 0.182 e. The summed E-state index contributed by atoms with van der Waals surface area (Å²) in [6, 6.07) is 5.50. The van der Waals surface area contributed by atoms with Crippen molar-refractivity contribution in [2.75, 3.05) is 26.1 Å². The second kappa shape index (κ2) is 7.58. The van der Waals surface area contributed by atoms with E-state index in [4.69, 9.17) is 15.2 Å². The number of anilines is 1. The van der Waals surface area contributed by atoms with Crippen molar-refractivity contribution in [2.45, 2.75) is 26.3 Å². The van der Waals surface area contributed by atoms with Gasteiger partial charge in [-0.15, -0.1) is 5.10 Å². The number of ether oxygens (including phenoxy) is 2. The minimum atomic E-state index is 0.559. The summed E-state index contributed by atoms with van der Waals surface area (Å²) in [5.41, 5.74) is 7.33. The fraction of sp³-hybridized carbons (Fsp3) is 0.500. The molecule has 0 fully saturated rings. The first-order chi connectivity index (χ1) is 10.3. The summed E-state index contributed by atoms with van der Waals surface area (Å²) in [5, 5.41) is 11.8. The lowest BCUT2D eigenvalue weighted by atomic mass is 10.2. The number of nitrogens with zero attached hydrogens (tertiary/aromatic N) is 4. The van der Waals surface area contributed by atoms with Crippen LogP contribution in [0.25, 0.3) is 11.4 Å². The van der Waals surface area contributed by atoms with Gasteiger partial charge in [-0.1, -0.05) is 13.3 Å². The zero-order valence-electron chi connectivity index (χ0n) is 12.5. The van der Waals surface area contributed by atoms with E-state index in [2.05, 4.69) is 22.4 Å². The minimum Gasteiger partial charge on any atom is -0.495 e. The third kappa shape index (κ3) is 3.91. The number of rotatable bonds is 8. The molecule has 1 aromatic heterocycles. The van der Waals surface area contributed by atoms with E-state index in [9.17, 15) is 0 Å². The van der Waals surface area contributed by atoms with Crippen LogP contribution in [-0.4, -0.2) is 40.5 Å².